The lowest BCUT2D eigenvalue weighted by molar-refractivity contribution is 0.600. The fourth-order valence-electron chi connectivity index (χ4n) is 1.88. The highest BCUT2D eigenvalue weighted by Gasteiger charge is 2.14. The van der Waals surface area contributed by atoms with Gasteiger partial charge in [-0.25, -0.2) is 12.8 Å². The molecule has 2 aromatic rings. The molecule has 0 saturated carbocycles. The maximum Gasteiger partial charge on any atom is 0.231 e. The normalized spacial score (nSPS) is 11.0. The number of sulfonamides is 1. The standard InChI is InChI=1S/C15H13FN2O2S/c1-18(21(2,19)20)13-6-7-14(15(16)9-13)12-5-3-4-11(8-12)10-17/h3-9H,1-2H3. The molecule has 0 heterocycles. The molecule has 21 heavy (non-hydrogen) atoms. The SMILES string of the molecule is CN(c1ccc(-c2cccc(C#N)c2)c(F)c1)S(C)(=O)=O. The minimum Gasteiger partial charge on any atom is -0.273 e. The zero-order valence-corrected chi connectivity index (χ0v) is 12.4. The van der Waals surface area contributed by atoms with E-state index in [0.717, 1.165) is 16.6 Å². The number of nitrogens with zero attached hydrogens (tertiary/aromatic N) is 2. The monoisotopic (exact) mass is 304 g/mol. The molecule has 0 unspecified atom stereocenters. The van der Waals surface area contributed by atoms with Crippen molar-refractivity contribution < 1.29 is 12.8 Å². The van der Waals surface area contributed by atoms with E-state index in [4.69, 9.17) is 5.26 Å². The molecule has 0 spiro atoms. The summed E-state index contributed by atoms with van der Waals surface area (Å²) in [5.74, 6) is -0.543. The van der Waals surface area contributed by atoms with E-state index in [1.165, 1.54) is 19.2 Å². The molecule has 0 aliphatic heterocycles. The molecule has 0 atom stereocenters. The van der Waals surface area contributed by atoms with Gasteiger partial charge in [-0.15, -0.1) is 0 Å². The van der Waals surface area contributed by atoms with Crippen molar-refractivity contribution in [3.05, 3.63) is 53.8 Å². The second kappa shape index (κ2) is 5.54. The molecular formula is C15H13FN2O2S. The van der Waals surface area contributed by atoms with Crippen molar-refractivity contribution in [3.63, 3.8) is 0 Å². The molecule has 0 aliphatic rings. The Morgan fingerprint density at radius 3 is 2.48 bits per heavy atom. The highest BCUT2D eigenvalue weighted by atomic mass is 32.2. The van der Waals surface area contributed by atoms with Gasteiger partial charge in [0.2, 0.25) is 10.0 Å². The lowest BCUT2D eigenvalue weighted by Crippen LogP contribution is -2.24. The van der Waals surface area contributed by atoms with Crippen LogP contribution in [-0.2, 0) is 10.0 Å². The Balaban J connectivity index is 2.47. The minimum atomic E-state index is -3.44. The molecule has 0 aromatic heterocycles. The Bertz CT molecular complexity index is 826. The molecule has 0 amide bonds. The van der Waals surface area contributed by atoms with E-state index in [1.54, 1.807) is 24.3 Å². The maximum absolute atomic E-state index is 14.2. The molecule has 0 radical (unpaired) electrons. The van der Waals surface area contributed by atoms with Crippen LogP contribution in [0.2, 0.25) is 0 Å². The van der Waals surface area contributed by atoms with Gasteiger partial charge in [-0.2, -0.15) is 5.26 Å². The van der Waals surface area contributed by atoms with Crippen molar-refractivity contribution >= 4 is 15.7 Å². The Morgan fingerprint density at radius 1 is 1.19 bits per heavy atom. The van der Waals surface area contributed by atoms with Crippen molar-refractivity contribution in [1.82, 2.24) is 0 Å². The number of nitriles is 1. The highest BCUT2D eigenvalue weighted by Crippen LogP contribution is 2.27. The van der Waals surface area contributed by atoms with Crippen LogP contribution in [0.25, 0.3) is 11.1 Å². The first-order valence-electron chi connectivity index (χ1n) is 6.07. The van der Waals surface area contributed by atoms with Crippen molar-refractivity contribution in [2.45, 2.75) is 0 Å². The third-order valence-electron chi connectivity index (χ3n) is 3.12. The van der Waals surface area contributed by atoms with E-state index >= 15 is 0 Å². The van der Waals surface area contributed by atoms with Crippen molar-refractivity contribution in [2.75, 3.05) is 17.6 Å². The maximum atomic E-state index is 14.2. The average molecular weight is 304 g/mol. The van der Waals surface area contributed by atoms with Gasteiger partial charge in [0.1, 0.15) is 5.82 Å². The van der Waals surface area contributed by atoms with E-state index < -0.39 is 15.8 Å². The second-order valence-corrected chi connectivity index (χ2v) is 6.60. The molecule has 108 valence electrons. The van der Waals surface area contributed by atoms with Crippen LogP contribution in [0.15, 0.2) is 42.5 Å². The summed E-state index contributed by atoms with van der Waals surface area (Å²) in [7, 11) is -2.08. The number of hydrogen-bond acceptors (Lipinski definition) is 3. The Hall–Kier alpha value is -2.39. The first-order chi connectivity index (χ1) is 9.82. The molecule has 4 nitrogen and oxygen atoms in total. The van der Waals surface area contributed by atoms with Crippen LogP contribution in [0.1, 0.15) is 5.56 Å². The Kier molecular flexibility index (Phi) is 3.96. The Labute approximate surface area is 123 Å². The number of anilines is 1. The van der Waals surface area contributed by atoms with Crippen LogP contribution in [-0.4, -0.2) is 21.7 Å². The predicted octanol–water partition coefficient (Wildman–Crippen LogP) is 2.76. The summed E-state index contributed by atoms with van der Waals surface area (Å²) in [5, 5.41) is 8.87. The summed E-state index contributed by atoms with van der Waals surface area (Å²) in [6, 6.07) is 12.8. The van der Waals surface area contributed by atoms with E-state index in [-0.39, 0.29) is 5.69 Å². The van der Waals surface area contributed by atoms with Crippen LogP contribution in [0.5, 0.6) is 0 Å². The number of rotatable bonds is 3. The van der Waals surface area contributed by atoms with Gasteiger partial charge in [0.15, 0.2) is 0 Å². The van der Waals surface area contributed by atoms with Crippen molar-refractivity contribution in [1.29, 1.82) is 5.26 Å². The smallest absolute Gasteiger partial charge is 0.231 e. The minimum absolute atomic E-state index is 0.246. The first-order valence-corrected chi connectivity index (χ1v) is 7.92. The highest BCUT2D eigenvalue weighted by molar-refractivity contribution is 7.92. The predicted molar refractivity (Wildman–Crippen MR) is 79.8 cm³/mol. The molecular weight excluding hydrogens is 291 g/mol. The molecule has 0 bridgehead atoms. The summed E-state index contributed by atoms with van der Waals surface area (Å²) in [5.41, 5.74) is 1.57. The first kappa shape index (κ1) is 15.0. The molecule has 0 fully saturated rings. The van der Waals surface area contributed by atoms with Gasteiger partial charge >= 0.3 is 0 Å². The number of hydrogen-bond donors (Lipinski definition) is 0. The van der Waals surface area contributed by atoms with Crippen LogP contribution >= 0.6 is 0 Å². The van der Waals surface area contributed by atoms with E-state index in [9.17, 15) is 12.8 Å². The van der Waals surface area contributed by atoms with Crippen LogP contribution < -0.4 is 4.31 Å². The fourth-order valence-corrected chi connectivity index (χ4v) is 2.38. The van der Waals surface area contributed by atoms with Gasteiger partial charge in [-0.1, -0.05) is 12.1 Å². The summed E-state index contributed by atoms with van der Waals surface area (Å²) in [6.45, 7) is 0. The zero-order valence-electron chi connectivity index (χ0n) is 11.5. The zero-order chi connectivity index (χ0) is 15.6. The van der Waals surface area contributed by atoms with Gasteiger partial charge in [0, 0.05) is 12.6 Å². The van der Waals surface area contributed by atoms with Crippen LogP contribution in [0.4, 0.5) is 10.1 Å². The topological polar surface area (TPSA) is 61.2 Å². The molecule has 2 aromatic carbocycles. The van der Waals surface area contributed by atoms with Crippen LogP contribution in [0, 0.1) is 17.1 Å². The second-order valence-electron chi connectivity index (χ2n) is 4.59. The van der Waals surface area contributed by atoms with Gasteiger partial charge < -0.3 is 0 Å². The third kappa shape index (κ3) is 3.20. The summed E-state index contributed by atoms with van der Waals surface area (Å²) in [6.07, 6.45) is 1.05. The fraction of sp³-hybridized carbons (Fsp3) is 0.133. The molecule has 0 saturated heterocycles. The summed E-state index contributed by atoms with van der Waals surface area (Å²) < 4.78 is 38.1. The van der Waals surface area contributed by atoms with Gasteiger partial charge in [0.25, 0.3) is 0 Å². The number of halogens is 1. The largest absolute Gasteiger partial charge is 0.273 e. The molecule has 2 rings (SSSR count). The van der Waals surface area contributed by atoms with Gasteiger partial charge in [0.05, 0.1) is 23.6 Å². The number of benzene rings is 2. The lowest BCUT2D eigenvalue weighted by Gasteiger charge is -2.17. The van der Waals surface area contributed by atoms with E-state index in [1.807, 2.05) is 6.07 Å². The quantitative estimate of drug-likeness (QED) is 0.876. The van der Waals surface area contributed by atoms with Crippen LogP contribution in [0.3, 0.4) is 0 Å². The Morgan fingerprint density at radius 2 is 1.90 bits per heavy atom. The lowest BCUT2D eigenvalue weighted by atomic mass is 10.0. The van der Waals surface area contributed by atoms with Gasteiger partial charge in [-0.05, 0) is 35.9 Å². The van der Waals surface area contributed by atoms with Crippen molar-refractivity contribution in [3.8, 4) is 17.2 Å². The summed E-state index contributed by atoms with van der Waals surface area (Å²) in [4.78, 5) is 0. The molecule has 0 N–H and O–H groups in total. The van der Waals surface area contributed by atoms with Crippen molar-refractivity contribution in [2.24, 2.45) is 0 Å². The molecule has 6 heteroatoms. The summed E-state index contributed by atoms with van der Waals surface area (Å²) >= 11 is 0. The van der Waals surface area contributed by atoms with E-state index in [0.29, 0.717) is 16.7 Å². The molecule has 0 aliphatic carbocycles. The van der Waals surface area contributed by atoms with E-state index in [2.05, 4.69) is 0 Å². The van der Waals surface area contributed by atoms with Gasteiger partial charge in [-0.3, -0.25) is 4.31 Å². The third-order valence-corrected chi connectivity index (χ3v) is 4.32. The average Bonchev–Trinajstić information content (AvgIpc) is 2.45.